The molecule has 86 valence electrons. The largest absolute Gasteiger partial charge is 0.478 e. The Labute approximate surface area is 108 Å². The number of aromatic carboxylic acids is 1. The summed E-state index contributed by atoms with van der Waals surface area (Å²) in [6.07, 6.45) is 0. The molecule has 0 unspecified atom stereocenters. The summed E-state index contributed by atoms with van der Waals surface area (Å²) in [4.78, 5) is 10.9. The van der Waals surface area contributed by atoms with Crippen molar-refractivity contribution >= 4 is 29.2 Å². The first-order valence-corrected chi connectivity index (χ1v) is 5.62. The smallest absolute Gasteiger partial charge is 0.335 e. The maximum absolute atomic E-state index is 10.9. The van der Waals surface area contributed by atoms with Crippen LogP contribution in [0.3, 0.4) is 0 Å². The van der Waals surface area contributed by atoms with Crippen molar-refractivity contribution in [3.05, 3.63) is 58.1 Å². The highest BCUT2D eigenvalue weighted by molar-refractivity contribution is 6.31. The molecule has 0 fully saturated rings. The Balaban J connectivity index is 2.51. The van der Waals surface area contributed by atoms with Gasteiger partial charge in [0.05, 0.1) is 5.56 Å². The number of rotatable bonds is 2. The fraction of sp³-hybridized carbons (Fsp3) is 0. The van der Waals surface area contributed by atoms with E-state index in [1.165, 1.54) is 6.07 Å². The van der Waals surface area contributed by atoms with Crippen LogP contribution >= 0.6 is 23.2 Å². The Hall–Kier alpha value is -1.51. The highest BCUT2D eigenvalue weighted by Gasteiger charge is 2.07. The lowest BCUT2D eigenvalue weighted by molar-refractivity contribution is 0.0697. The van der Waals surface area contributed by atoms with Crippen LogP contribution in [0.4, 0.5) is 0 Å². The average molecular weight is 267 g/mol. The van der Waals surface area contributed by atoms with E-state index >= 15 is 0 Å². The molecule has 0 aliphatic heterocycles. The van der Waals surface area contributed by atoms with E-state index in [2.05, 4.69) is 0 Å². The molecule has 0 radical (unpaired) electrons. The van der Waals surface area contributed by atoms with Gasteiger partial charge in [0.25, 0.3) is 0 Å². The minimum atomic E-state index is -0.997. The zero-order valence-electron chi connectivity index (χ0n) is 8.65. The van der Waals surface area contributed by atoms with Gasteiger partial charge in [-0.2, -0.15) is 0 Å². The minimum absolute atomic E-state index is 0.169. The van der Waals surface area contributed by atoms with E-state index in [1.54, 1.807) is 24.3 Å². The Morgan fingerprint density at radius 2 is 1.53 bits per heavy atom. The van der Waals surface area contributed by atoms with Gasteiger partial charge in [-0.05, 0) is 41.5 Å². The van der Waals surface area contributed by atoms with Gasteiger partial charge >= 0.3 is 5.97 Å². The molecule has 2 rings (SSSR count). The lowest BCUT2D eigenvalue weighted by Gasteiger charge is -2.04. The van der Waals surface area contributed by atoms with Gasteiger partial charge in [0.1, 0.15) is 0 Å². The van der Waals surface area contributed by atoms with E-state index in [0.717, 1.165) is 11.1 Å². The summed E-state index contributed by atoms with van der Waals surface area (Å²) in [6, 6.07) is 11.9. The normalized spacial score (nSPS) is 10.2. The van der Waals surface area contributed by atoms with Gasteiger partial charge in [-0.1, -0.05) is 35.3 Å². The van der Waals surface area contributed by atoms with Crippen molar-refractivity contribution in [3.8, 4) is 11.1 Å². The topological polar surface area (TPSA) is 37.3 Å². The van der Waals surface area contributed by atoms with Gasteiger partial charge in [0.2, 0.25) is 0 Å². The SMILES string of the molecule is O=C(O)c1cc(Cl)cc(-c2ccc(Cl)cc2)c1. The first kappa shape index (κ1) is 12.0. The van der Waals surface area contributed by atoms with Gasteiger partial charge in [0, 0.05) is 10.0 Å². The molecule has 0 aliphatic carbocycles. The van der Waals surface area contributed by atoms with E-state index in [9.17, 15) is 4.79 Å². The second-order valence-corrected chi connectivity index (χ2v) is 4.41. The Morgan fingerprint density at radius 1 is 0.882 bits per heavy atom. The van der Waals surface area contributed by atoms with E-state index in [0.29, 0.717) is 10.0 Å². The maximum atomic E-state index is 10.9. The molecule has 0 heterocycles. The van der Waals surface area contributed by atoms with Crippen molar-refractivity contribution in [1.29, 1.82) is 0 Å². The summed E-state index contributed by atoms with van der Waals surface area (Å²) in [5.41, 5.74) is 1.80. The molecular weight excluding hydrogens is 259 g/mol. The summed E-state index contributed by atoms with van der Waals surface area (Å²) < 4.78 is 0. The van der Waals surface area contributed by atoms with Crippen LogP contribution in [-0.4, -0.2) is 11.1 Å². The predicted octanol–water partition coefficient (Wildman–Crippen LogP) is 4.36. The van der Waals surface area contributed by atoms with Gasteiger partial charge < -0.3 is 5.11 Å². The van der Waals surface area contributed by atoms with Crippen molar-refractivity contribution in [2.75, 3.05) is 0 Å². The molecule has 2 nitrogen and oxygen atoms in total. The highest BCUT2D eigenvalue weighted by Crippen LogP contribution is 2.26. The number of hydrogen-bond acceptors (Lipinski definition) is 1. The summed E-state index contributed by atoms with van der Waals surface area (Å²) in [5.74, 6) is -0.997. The molecule has 2 aromatic rings. The predicted molar refractivity (Wildman–Crippen MR) is 68.9 cm³/mol. The van der Waals surface area contributed by atoms with E-state index in [-0.39, 0.29) is 5.56 Å². The number of carboxylic acids is 1. The van der Waals surface area contributed by atoms with Crippen LogP contribution in [0.1, 0.15) is 10.4 Å². The van der Waals surface area contributed by atoms with E-state index < -0.39 is 5.97 Å². The van der Waals surface area contributed by atoms with Gasteiger partial charge in [0.15, 0.2) is 0 Å². The Bertz CT molecular complexity index is 562. The lowest BCUT2D eigenvalue weighted by Crippen LogP contribution is -1.96. The number of hydrogen-bond donors (Lipinski definition) is 1. The number of halogens is 2. The standard InChI is InChI=1S/C13H8Cl2O2/c14-11-3-1-8(2-4-11)9-5-10(13(16)17)7-12(15)6-9/h1-7H,(H,16,17). The fourth-order valence-electron chi connectivity index (χ4n) is 1.52. The molecular formula is C13H8Cl2O2. The summed E-state index contributed by atoms with van der Waals surface area (Å²) >= 11 is 11.7. The second kappa shape index (κ2) is 4.78. The lowest BCUT2D eigenvalue weighted by atomic mass is 10.0. The molecule has 0 aromatic heterocycles. The molecule has 0 amide bonds. The summed E-state index contributed by atoms with van der Waals surface area (Å²) in [6.45, 7) is 0. The molecule has 4 heteroatoms. The monoisotopic (exact) mass is 266 g/mol. The third-order valence-corrected chi connectivity index (χ3v) is 2.79. The van der Waals surface area contributed by atoms with Crippen molar-refractivity contribution in [1.82, 2.24) is 0 Å². The van der Waals surface area contributed by atoms with E-state index in [1.807, 2.05) is 12.1 Å². The number of carboxylic acid groups (broad SMARTS) is 1. The molecule has 2 aromatic carbocycles. The Morgan fingerprint density at radius 3 is 2.12 bits per heavy atom. The van der Waals surface area contributed by atoms with Crippen LogP contribution in [0.5, 0.6) is 0 Å². The number of benzene rings is 2. The summed E-state index contributed by atoms with van der Waals surface area (Å²) in [7, 11) is 0. The van der Waals surface area contributed by atoms with E-state index in [4.69, 9.17) is 28.3 Å². The first-order chi connectivity index (χ1) is 8.06. The average Bonchev–Trinajstić information content (AvgIpc) is 2.29. The van der Waals surface area contributed by atoms with Gasteiger partial charge in [-0.3, -0.25) is 0 Å². The van der Waals surface area contributed by atoms with Crippen LogP contribution in [0.2, 0.25) is 10.0 Å². The zero-order chi connectivity index (χ0) is 12.4. The van der Waals surface area contributed by atoms with Crippen molar-refractivity contribution in [3.63, 3.8) is 0 Å². The molecule has 1 N–H and O–H groups in total. The van der Waals surface area contributed by atoms with Crippen LogP contribution < -0.4 is 0 Å². The maximum Gasteiger partial charge on any atom is 0.335 e. The molecule has 0 saturated carbocycles. The van der Waals surface area contributed by atoms with Crippen LogP contribution in [-0.2, 0) is 0 Å². The molecule has 0 spiro atoms. The zero-order valence-corrected chi connectivity index (χ0v) is 10.2. The van der Waals surface area contributed by atoms with Gasteiger partial charge in [-0.25, -0.2) is 4.79 Å². The van der Waals surface area contributed by atoms with Crippen molar-refractivity contribution in [2.24, 2.45) is 0 Å². The third kappa shape index (κ3) is 2.78. The minimum Gasteiger partial charge on any atom is -0.478 e. The third-order valence-electron chi connectivity index (χ3n) is 2.32. The van der Waals surface area contributed by atoms with Crippen LogP contribution in [0, 0.1) is 0 Å². The quantitative estimate of drug-likeness (QED) is 0.877. The molecule has 0 saturated heterocycles. The summed E-state index contributed by atoms with van der Waals surface area (Å²) in [5, 5.41) is 9.98. The molecule has 17 heavy (non-hydrogen) atoms. The Kier molecular flexibility index (Phi) is 3.36. The molecule has 0 bridgehead atoms. The van der Waals surface area contributed by atoms with Crippen molar-refractivity contribution < 1.29 is 9.90 Å². The van der Waals surface area contributed by atoms with Crippen LogP contribution in [0.15, 0.2) is 42.5 Å². The van der Waals surface area contributed by atoms with Crippen molar-refractivity contribution in [2.45, 2.75) is 0 Å². The van der Waals surface area contributed by atoms with Crippen LogP contribution in [0.25, 0.3) is 11.1 Å². The highest BCUT2D eigenvalue weighted by atomic mass is 35.5. The molecule has 0 aliphatic rings. The second-order valence-electron chi connectivity index (χ2n) is 3.54. The fourth-order valence-corrected chi connectivity index (χ4v) is 1.88. The number of carbonyl (C=O) groups is 1. The van der Waals surface area contributed by atoms with Gasteiger partial charge in [-0.15, -0.1) is 0 Å². The first-order valence-electron chi connectivity index (χ1n) is 4.86. The molecule has 0 atom stereocenters.